The van der Waals surface area contributed by atoms with Crippen LogP contribution in [0.2, 0.25) is 0 Å². The Labute approximate surface area is 138 Å². The summed E-state index contributed by atoms with van der Waals surface area (Å²) in [7, 11) is 0. The number of amides is 1. The van der Waals surface area contributed by atoms with Gasteiger partial charge in [0.1, 0.15) is 5.75 Å². The van der Waals surface area contributed by atoms with Crippen LogP contribution < -0.4 is 10.1 Å². The van der Waals surface area contributed by atoms with E-state index in [1.807, 2.05) is 17.5 Å². The number of aromatic nitrogens is 1. The molecule has 1 spiro atoms. The Morgan fingerprint density at radius 1 is 1.39 bits per heavy atom. The van der Waals surface area contributed by atoms with Gasteiger partial charge in [0, 0.05) is 23.3 Å². The van der Waals surface area contributed by atoms with Crippen LogP contribution in [0.25, 0.3) is 11.3 Å². The largest absolute Gasteiger partial charge is 0.493 e. The van der Waals surface area contributed by atoms with Crippen LogP contribution >= 0.6 is 11.3 Å². The Kier molecular flexibility index (Phi) is 2.83. The number of benzene rings is 1. The summed E-state index contributed by atoms with van der Waals surface area (Å²) < 4.78 is 5.54. The number of hydrogen-bond acceptors (Lipinski definition) is 4. The van der Waals surface area contributed by atoms with Gasteiger partial charge in [-0.1, -0.05) is 6.42 Å². The molecule has 1 aromatic carbocycles. The Balaban J connectivity index is 1.31. The van der Waals surface area contributed by atoms with Gasteiger partial charge in [-0.2, -0.15) is 0 Å². The predicted octanol–water partition coefficient (Wildman–Crippen LogP) is 3.87. The van der Waals surface area contributed by atoms with Crippen LogP contribution in [0.3, 0.4) is 0 Å². The molecule has 2 fully saturated rings. The molecule has 1 amide bonds. The number of anilines is 1. The minimum absolute atomic E-state index is 0.160. The molecule has 118 valence electrons. The third-order valence-corrected chi connectivity index (χ3v) is 6.33. The fourth-order valence-corrected chi connectivity index (χ4v) is 4.63. The van der Waals surface area contributed by atoms with Crippen molar-refractivity contribution in [2.45, 2.75) is 32.1 Å². The lowest BCUT2D eigenvalue weighted by atomic mass is 9.80. The molecule has 2 saturated carbocycles. The number of nitrogens with zero attached hydrogens (tertiary/aromatic N) is 1. The second kappa shape index (κ2) is 4.81. The molecule has 1 aliphatic heterocycles. The zero-order valence-corrected chi connectivity index (χ0v) is 13.6. The number of rotatable bonds is 3. The summed E-state index contributed by atoms with van der Waals surface area (Å²) in [5.74, 6) is 1.37. The molecule has 2 aromatic rings. The summed E-state index contributed by atoms with van der Waals surface area (Å²) >= 11 is 1.50. The molecule has 5 rings (SSSR count). The van der Waals surface area contributed by atoms with Crippen LogP contribution in [0, 0.1) is 11.3 Å². The van der Waals surface area contributed by atoms with E-state index in [1.165, 1.54) is 36.2 Å². The molecule has 1 aromatic heterocycles. The number of nitrogens with one attached hydrogen (secondary N) is 1. The topological polar surface area (TPSA) is 51.2 Å². The van der Waals surface area contributed by atoms with Gasteiger partial charge >= 0.3 is 0 Å². The normalized spacial score (nSPS) is 23.0. The first-order valence-electron chi connectivity index (χ1n) is 8.26. The smallest absolute Gasteiger partial charge is 0.229 e. The van der Waals surface area contributed by atoms with Crippen molar-refractivity contribution in [1.29, 1.82) is 0 Å². The summed E-state index contributed by atoms with van der Waals surface area (Å²) in [5.41, 5.74) is 3.62. The van der Waals surface area contributed by atoms with E-state index in [0.29, 0.717) is 10.5 Å². The number of ether oxygens (including phenoxy) is 1. The van der Waals surface area contributed by atoms with E-state index in [9.17, 15) is 4.79 Å². The highest BCUT2D eigenvalue weighted by Gasteiger charge is 2.60. The van der Waals surface area contributed by atoms with Gasteiger partial charge in [0.15, 0.2) is 5.13 Å². The zero-order valence-electron chi connectivity index (χ0n) is 12.8. The average Bonchev–Trinajstić information content (AvgIpc) is 2.87. The zero-order chi connectivity index (χ0) is 15.4. The van der Waals surface area contributed by atoms with Crippen molar-refractivity contribution < 1.29 is 9.53 Å². The number of carbonyl (C=O) groups is 1. The minimum Gasteiger partial charge on any atom is -0.493 e. The standard InChI is InChI=1S/C18H18N2O2S/c21-16(13-9-18(13)5-1-6-18)20-17-19-14(10-23-17)11-2-3-15-12(8-11)4-7-22-15/h2-3,8,10,13H,1,4-7,9H2,(H,19,20,21). The Morgan fingerprint density at radius 3 is 3.09 bits per heavy atom. The first-order valence-corrected chi connectivity index (χ1v) is 9.14. The predicted molar refractivity (Wildman–Crippen MR) is 89.8 cm³/mol. The maximum Gasteiger partial charge on any atom is 0.229 e. The first-order chi connectivity index (χ1) is 11.2. The lowest BCUT2D eigenvalue weighted by Gasteiger charge is -2.26. The van der Waals surface area contributed by atoms with Gasteiger partial charge in [0.25, 0.3) is 0 Å². The second-order valence-corrected chi connectivity index (χ2v) is 7.78. The monoisotopic (exact) mass is 326 g/mol. The van der Waals surface area contributed by atoms with Crippen molar-refractivity contribution in [3.05, 3.63) is 29.1 Å². The number of fused-ring (bicyclic) bond motifs is 1. The van der Waals surface area contributed by atoms with Gasteiger partial charge in [-0.3, -0.25) is 4.79 Å². The van der Waals surface area contributed by atoms with Crippen LogP contribution in [0.4, 0.5) is 5.13 Å². The van der Waals surface area contributed by atoms with Crippen LogP contribution in [0.15, 0.2) is 23.6 Å². The maximum absolute atomic E-state index is 12.3. The molecular weight excluding hydrogens is 308 g/mol. The first kappa shape index (κ1) is 13.5. The highest BCUT2D eigenvalue weighted by Crippen LogP contribution is 2.65. The Bertz CT molecular complexity index is 794. The fourth-order valence-electron chi connectivity index (χ4n) is 3.90. The van der Waals surface area contributed by atoms with Crippen molar-refractivity contribution in [1.82, 2.24) is 4.98 Å². The van der Waals surface area contributed by atoms with Gasteiger partial charge in [0.05, 0.1) is 12.3 Å². The molecule has 5 heteroatoms. The third-order valence-electron chi connectivity index (χ3n) is 5.58. The van der Waals surface area contributed by atoms with Crippen LogP contribution in [0.1, 0.15) is 31.2 Å². The summed E-state index contributed by atoms with van der Waals surface area (Å²) in [4.78, 5) is 16.9. The summed E-state index contributed by atoms with van der Waals surface area (Å²) in [5, 5.41) is 5.74. The molecule has 1 atom stereocenters. The van der Waals surface area contributed by atoms with Gasteiger partial charge in [0.2, 0.25) is 5.91 Å². The number of thiazole rings is 1. The highest BCUT2D eigenvalue weighted by molar-refractivity contribution is 7.14. The Hall–Kier alpha value is -1.88. The van der Waals surface area contributed by atoms with Crippen molar-refractivity contribution >= 4 is 22.4 Å². The number of carbonyl (C=O) groups excluding carboxylic acids is 1. The molecule has 1 N–H and O–H groups in total. The van der Waals surface area contributed by atoms with Gasteiger partial charge in [-0.05, 0) is 48.4 Å². The molecule has 4 nitrogen and oxygen atoms in total. The van der Waals surface area contributed by atoms with Gasteiger partial charge in [-0.15, -0.1) is 11.3 Å². The molecule has 2 heterocycles. The van der Waals surface area contributed by atoms with Crippen LogP contribution in [-0.4, -0.2) is 17.5 Å². The number of hydrogen-bond donors (Lipinski definition) is 1. The van der Waals surface area contributed by atoms with Crippen molar-refractivity contribution in [3.63, 3.8) is 0 Å². The van der Waals surface area contributed by atoms with Crippen molar-refractivity contribution in [2.75, 3.05) is 11.9 Å². The summed E-state index contributed by atoms with van der Waals surface area (Å²) in [6.07, 6.45) is 5.77. The van der Waals surface area contributed by atoms with Gasteiger partial charge in [-0.25, -0.2) is 4.98 Å². The fraction of sp³-hybridized carbons (Fsp3) is 0.444. The minimum atomic E-state index is 0.160. The van der Waals surface area contributed by atoms with Crippen LogP contribution in [-0.2, 0) is 11.2 Å². The van der Waals surface area contributed by atoms with Crippen molar-refractivity contribution in [3.8, 4) is 17.0 Å². The molecule has 0 radical (unpaired) electrons. The average molecular weight is 326 g/mol. The SMILES string of the molecule is O=C(Nc1nc(-c2ccc3c(c2)CCO3)cs1)C1CC12CCC2. The summed E-state index contributed by atoms with van der Waals surface area (Å²) in [6, 6.07) is 6.20. The lowest BCUT2D eigenvalue weighted by Crippen LogP contribution is -2.23. The third kappa shape index (κ3) is 2.17. The second-order valence-electron chi connectivity index (χ2n) is 6.92. The lowest BCUT2D eigenvalue weighted by molar-refractivity contribution is -0.118. The molecular formula is C18H18N2O2S. The van der Waals surface area contributed by atoms with E-state index in [0.717, 1.165) is 36.5 Å². The molecule has 23 heavy (non-hydrogen) atoms. The van der Waals surface area contributed by atoms with E-state index in [4.69, 9.17) is 4.74 Å². The molecule has 3 aliphatic rings. The van der Waals surface area contributed by atoms with E-state index in [2.05, 4.69) is 16.4 Å². The van der Waals surface area contributed by atoms with E-state index in [1.54, 1.807) is 0 Å². The highest BCUT2D eigenvalue weighted by atomic mass is 32.1. The summed E-state index contributed by atoms with van der Waals surface area (Å²) in [6.45, 7) is 0.764. The van der Waals surface area contributed by atoms with Crippen molar-refractivity contribution in [2.24, 2.45) is 11.3 Å². The molecule has 1 unspecified atom stereocenters. The molecule has 0 bridgehead atoms. The molecule has 2 aliphatic carbocycles. The van der Waals surface area contributed by atoms with E-state index >= 15 is 0 Å². The van der Waals surface area contributed by atoms with E-state index < -0.39 is 0 Å². The van der Waals surface area contributed by atoms with Crippen LogP contribution in [0.5, 0.6) is 5.75 Å². The van der Waals surface area contributed by atoms with Gasteiger partial charge < -0.3 is 10.1 Å². The Morgan fingerprint density at radius 2 is 2.30 bits per heavy atom. The quantitative estimate of drug-likeness (QED) is 0.931. The van der Waals surface area contributed by atoms with E-state index in [-0.39, 0.29) is 11.8 Å². The maximum atomic E-state index is 12.3. The molecule has 0 saturated heterocycles.